The fourth-order valence-corrected chi connectivity index (χ4v) is 4.79. The van der Waals surface area contributed by atoms with Crippen LogP contribution < -0.4 is 0 Å². The van der Waals surface area contributed by atoms with Gasteiger partial charge in [0.1, 0.15) is 6.04 Å². The maximum absolute atomic E-state index is 13.2. The number of carbonyl (C=O) groups is 3. The molecule has 0 aliphatic carbocycles. The molecule has 0 aromatic heterocycles. The SMILES string of the molecule is COC(=O)C1Cc2ccccc2CN1C(=O)CN1CCC(C(=O)N2CCOCC2)CC1. The Kier molecular flexibility index (Phi) is 6.87. The molecule has 3 aliphatic heterocycles. The van der Waals surface area contributed by atoms with Gasteiger partial charge in [0.25, 0.3) is 0 Å². The Labute approximate surface area is 183 Å². The molecule has 8 heteroatoms. The van der Waals surface area contributed by atoms with E-state index in [1.807, 2.05) is 29.2 Å². The first-order chi connectivity index (χ1) is 15.1. The third kappa shape index (κ3) is 4.91. The molecule has 3 aliphatic rings. The number of amides is 2. The second-order valence-electron chi connectivity index (χ2n) is 8.52. The average Bonchev–Trinajstić information content (AvgIpc) is 2.83. The van der Waals surface area contributed by atoms with Crippen LogP contribution in [0.25, 0.3) is 0 Å². The van der Waals surface area contributed by atoms with E-state index in [9.17, 15) is 14.4 Å². The molecular formula is C23H31N3O5. The molecule has 168 valence electrons. The second-order valence-corrected chi connectivity index (χ2v) is 8.52. The zero-order valence-corrected chi connectivity index (χ0v) is 18.1. The lowest BCUT2D eigenvalue weighted by atomic mass is 9.93. The van der Waals surface area contributed by atoms with Gasteiger partial charge in [0.2, 0.25) is 11.8 Å². The number of fused-ring (bicyclic) bond motifs is 1. The maximum Gasteiger partial charge on any atom is 0.328 e. The van der Waals surface area contributed by atoms with Crippen LogP contribution in [0.2, 0.25) is 0 Å². The number of carbonyl (C=O) groups excluding carboxylic acids is 3. The highest BCUT2D eigenvalue weighted by Gasteiger charge is 2.36. The molecule has 0 saturated carbocycles. The van der Waals surface area contributed by atoms with Crippen LogP contribution in [-0.4, -0.2) is 91.6 Å². The van der Waals surface area contributed by atoms with Crippen LogP contribution in [-0.2, 0) is 36.8 Å². The molecule has 1 atom stereocenters. The number of methoxy groups -OCH3 is 1. The van der Waals surface area contributed by atoms with Crippen LogP contribution in [0.3, 0.4) is 0 Å². The molecule has 2 amide bonds. The predicted octanol–water partition coefficient (Wildman–Crippen LogP) is 0.684. The van der Waals surface area contributed by atoms with Crippen molar-refractivity contribution in [2.75, 3.05) is 53.0 Å². The van der Waals surface area contributed by atoms with E-state index in [-0.39, 0.29) is 30.2 Å². The van der Waals surface area contributed by atoms with Gasteiger partial charge in [0, 0.05) is 32.0 Å². The van der Waals surface area contributed by atoms with E-state index in [1.165, 1.54) is 7.11 Å². The van der Waals surface area contributed by atoms with Crippen LogP contribution in [0.5, 0.6) is 0 Å². The Bertz CT molecular complexity index is 815. The van der Waals surface area contributed by atoms with Crippen molar-refractivity contribution in [2.24, 2.45) is 5.92 Å². The first-order valence-electron chi connectivity index (χ1n) is 11.1. The van der Waals surface area contributed by atoms with Crippen molar-refractivity contribution in [3.05, 3.63) is 35.4 Å². The van der Waals surface area contributed by atoms with E-state index in [0.717, 1.165) is 24.0 Å². The quantitative estimate of drug-likeness (QED) is 0.655. The molecule has 3 heterocycles. The minimum Gasteiger partial charge on any atom is -0.467 e. The number of benzene rings is 1. The van der Waals surface area contributed by atoms with E-state index in [4.69, 9.17) is 9.47 Å². The molecule has 2 saturated heterocycles. The molecule has 0 N–H and O–H groups in total. The first kappa shape index (κ1) is 21.8. The summed E-state index contributed by atoms with van der Waals surface area (Å²) < 4.78 is 10.3. The van der Waals surface area contributed by atoms with Crippen LogP contribution in [0.1, 0.15) is 24.0 Å². The number of likely N-dealkylation sites (tertiary alicyclic amines) is 1. The number of hydrogen-bond acceptors (Lipinski definition) is 6. The average molecular weight is 430 g/mol. The van der Waals surface area contributed by atoms with Gasteiger partial charge in [-0.2, -0.15) is 0 Å². The third-order valence-corrected chi connectivity index (χ3v) is 6.66. The second kappa shape index (κ2) is 9.78. The summed E-state index contributed by atoms with van der Waals surface area (Å²) in [4.78, 5) is 43.9. The fourth-order valence-electron chi connectivity index (χ4n) is 4.79. The lowest BCUT2D eigenvalue weighted by Gasteiger charge is -2.38. The summed E-state index contributed by atoms with van der Waals surface area (Å²) in [6, 6.07) is 7.33. The third-order valence-electron chi connectivity index (χ3n) is 6.66. The van der Waals surface area contributed by atoms with Gasteiger partial charge in [0.15, 0.2) is 0 Å². The number of nitrogens with zero attached hydrogens (tertiary/aromatic N) is 3. The molecule has 2 fully saturated rings. The first-order valence-corrected chi connectivity index (χ1v) is 11.1. The van der Waals surface area contributed by atoms with E-state index in [1.54, 1.807) is 4.90 Å². The highest BCUT2D eigenvalue weighted by molar-refractivity contribution is 5.86. The van der Waals surface area contributed by atoms with Crippen molar-refractivity contribution in [3.63, 3.8) is 0 Å². The Morgan fingerprint density at radius 3 is 2.39 bits per heavy atom. The van der Waals surface area contributed by atoms with Crippen LogP contribution in [0.15, 0.2) is 24.3 Å². The summed E-state index contributed by atoms with van der Waals surface area (Å²) in [5, 5.41) is 0. The molecule has 4 rings (SSSR count). The van der Waals surface area contributed by atoms with Crippen molar-refractivity contribution >= 4 is 17.8 Å². The number of hydrogen-bond donors (Lipinski definition) is 0. The lowest BCUT2D eigenvalue weighted by Crippen LogP contribution is -2.53. The van der Waals surface area contributed by atoms with Gasteiger partial charge in [-0.1, -0.05) is 24.3 Å². The van der Waals surface area contributed by atoms with Crippen LogP contribution >= 0.6 is 0 Å². The molecule has 1 aromatic rings. The number of esters is 1. The summed E-state index contributed by atoms with van der Waals surface area (Å²) in [6.45, 7) is 4.65. The van der Waals surface area contributed by atoms with E-state index >= 15 is 0 Å². The molecule has 0 spiro atoms. The summed E-state index contributed by atoms with van der Waals surface area (Å²) >= 11 is 0. The molecule has 1 aromatic carbocycles. The minimum atomic E-state index is -0.590. The fraction of sp³-hybridized carbons (Fsp3) is 0.609. The lowest BCUT2D eigenvalue weighted by molar-refractivity contribution is -0.154. The van der Waals surface area contributed by atoms with E-state index < -0.39 is 6.04 Å². The van der Waals surface area contributed by atoms with Crippen molar-refractivity contribution < 1.29 is 23.9 Å². The van der Waals surface area contributed by atoms with Gasteiger partial charge in [0.05, 0.1) is 26.9 Å². The van der Waals surface area contributed by atoms with Crippen LogP contribution in [0, 0.1) is 5.92 Å². The Balaban J connectivity index is 1.34. The maximum atomic E-state index is 13.2. The molecule has 31 heavy (non-hydrogen) atoms. The van der Waals surface area contributed by atoms with Gasteiger partial charge in [-0.15, -0.1) is 0 Å². The van der Waals surface area contributed by atoms with Gasteiger partial charge in [-0.3, -0.25) is 14.5 Å². The number of rotatable bonds is 4. The van der Waals surface area contributed by atoms with E-state index in [0.29, 0.717) is 52.4 Å². The van der Waals surface area contributed by atoms with Gasteiger partial charge < -0.3 is 19.3 Å². The van der Waals surface area contributed by atoms with Gasteiger partial charge in [-0.05, 0) is 37.1 Å². The molecule has 8 nitrogen and oxygen atoms in total. The zero-order valence-electron chi connectivity index (χ0n) is 18.1. The normalized spacial score (nSPS) is 22.7. The number of morpholine rings is 1. The number of piperidine rings is 1. The predicted molar refractivity (Wildman–Crippen MR) is 113 cm³/mol. The van der Waals surface area contributed by atoms with Crippen LogP contribution in [0.4, 0.5) is 0 Å². The molecular weight excluding hydrogens is 398 g/mol. The van der Waals surface area contributed by atoms with Crippen molar-refractivity contribution in [2.45, 2.75) is 31.8 Å². The monoisotopic (exact) mass is 429 g/mol. The Morgan fingerprint density at radius 1 is 1.03 bits per heavy atom. The Morgan fingerprint density at radius 2 is 1.71 bits per heavy atom. The highest BCUT2D eigenvalue weighted by atomic mass is 16.5. The van der Waals surface area contributed by atoms with Crippen molar-refractivity contribution in [1.82, 2.24) is 14.7 Å². The summed E-state index contributed by atoms with van der Waals surface area (Å²) in [5.74, 6) is -0.206. The van der Waals surface area contributed by atoms with Crippen molar-refractivity contribution in [3.8, 4) is 0 Å². The topological polar surface area (TPSA) is 79.4 Å². The summed E-state index contributed by atoms with van der Waals surface area (Å²) in [7, 11) is 1.36. The largest absolute Gasteiger partial charge is 0.467 e. The summed E-state index contributed by atoms with van der Waals surface area (Å²) in [6.07, 6.45) is 1.99. The zero-order chi connectivity index (χ0) is 21.8. The minimum absolute atomic E-state index is 0.0223. The molecule has 1 unspecified atom stereocenters. The number of ether oxygens (including phenoxy) is 2. The highest BCUT2D eigenvalue weighted by Crippen LogP contribution is 2.25. The molecule has 0 radical (unpaired) electrons. The Hall–Kier alpha value is -2.45. The van der Waals surface area contributed by atoms with E-state index in [2.05, 4.69) is 4.90 Å². The standard InChI is InChI=1S/C23H31N3O5/c1-30-23(29)20-14-18-4-2-3-5-19(18)15-26(20)21(27)16-24-8-6-17(7-9-24)22(28)25-10-12-31-13-11-25/h2-5,17,20H,6-16H2,1H3. The smallest absolute Gasteiger partial charge is 0.328 e. The van der Waals surface area contributed by atoms with Crippen molar-refractivity contribution in [1.29, 1.82) is 0 Å². The summed E-state index contributed by atoms with van der Waals surface area (Å²) in [5.41, 5.74) is 2.16. The van der Waals surface area contributed by atoms with Gasteiger partial charge in [-0.25, -0.2) is 4.79 Å². The van der Waals surface area contributed by atoms with Gasteiger partial charge >= 0.3 is 5.97 Å². The molecule has 0 bridgehead atoms.